The number of thiazole rings is 1. The first-order chi connectivity index (χ1) is 11.1. The first kappa shape index (κ1) is 15.3. The zero-order valence-corrected chi connectivity index (χ0v) is 13.2. The van der Waals surface area contributed by atoms with Crippen molar-refractivity contribution in [3.05, 3.63) is 54.2 Å². The molecular weight excluding hydrogens is 337 g/mol. The van der Waals surface area contributed by atoms with Gasteiger partial charge in [-0.2, -0.15) is 0 Å². The van der Waals surface area contributed by atoms with Crippen LogP contribution in [0.4, 0.5) is 9.52 Å². The summed E-state index contributed by atoms with van der Waals surface area (Å²) in [5.74, 6) is -0.162. The van der Waals surface area contributed by atoms with E-state index in [-0.39, 0.29) is 10.9 Å². The van der Waals surface area contributed by atoms with Crippen molar-refractivity contribution in [2.75, 3.05) is 5.32 Å². The van der Waals surface area contributed by atoms with E-state index in [2.05, 4.69) is 15.6 Å². The van der Waals surface area contributed by atoms with Gasteiger partial charge in [0.05, 0.1) is 16.5 Å². The maximum absolute atomic E-state index is 13.1. The third kappa shape index (κ3) is 3.99. The molecule has 0 saturated carbocycles. The Hall–Kier alpha value is -2.58. The van der Waals surface area contributed by atoms with Crippen LogP contribution < -0.4 is 10.6 Å². The van der Waals surface area contributed by atoms with Crippen molar-refractivity contribution in [2.24, 2.45) is 0 Å². The van der Waals surface area contributed by atoms with Crippen LogP contribution in [0.15, 0.2) is 47.1 Å². The summed E-state index contributed by atoms with van der Waals surface area (Å²) in [6, 6.07) is 7.76. The average molecular weight is 347 g/mol. The summed E-state index contributed by atoms with van der Waals surface area (Å²) in [5, 5.41) is 5.88. The lowest BCUT2D eigenvalue weighted by atomic mass is 10.3. The second kappa shape index (κ2) is 6.67. The van der Waals surface area contributed by atoms with Gasteiger partial charge < -0.3 is 9.73 Å². The van der Waals surface area contributed by atoms with Crippen LogP contribution in [0.1, 0.15) is 5.76 Å². The van der Waals surface area contributed by atoms with Crippen LogP contribution in [0, 0.1) is 5.82 Å². The van der Waals surface area contributed by atoms with Gasteiger partial charge >= 0.3 is 0 Å². The highest BCUT2D eigenvalue weighted by atomic mass is 32.1. The Balaban J connectivity index is 1.60. The van der Waals surface area contributed by atoms with Gasteiger partial charge in [-0.05, 0) is 48.6 Å². The number of furan rings is 1. The lowest BCUT2D eigenvalue weighted by molar-refractivity contribution is -0.115. The lowest BCUT2D eigenvalue weighted by Gasteiger charge is -2.04. The molecule has 8 heteroatoms. The van der Waals surface area contributed by atoms with Crippen molar-refractivity contribution in [1.82, 2.24) is 10.3 Å². The van der Waals surface area contributed by atoms with Crippen LogP contribution in [0.25, 0.3) is 16.3 Å². The summed E-state index contributed by atoms with van der Waals surface area (Å²) in [6.07, 6.45) is 4.35. The van der Waals surface area contributed by atoms with E-state index in [9.17, 15) is 9.18 Å². The molecular formula is C15H10FN3O2S2. The molecule has 1 amide bonds. The monoisotopic (exact) mass is 347 g/mol. The maximum Gasteiger partial charge on any atom is 0.250 e. The molecule has 3 aromatic rings. The first-order valence-electron chi connectivity index (χ1n) is 6.50. The normalized spacial score (nSPS) is 11.0. The Bertz CT molecular complexity index is 887. The van der Waals surface area contributed by atoms with Gasteiger partial charge in [0.15, 0.2) is 10.2 Å². The number of nitrogens with zero attached hydrogens (tertiary/aromatic N) is 1. The number of hydrogen-bond donors (Lipinski definition) is 2. The molecule has 0 aliphatic carbocycles. The summed E-state index contributed by atoms with van der Waals surface area (Å²) in [4.78, 5) is 16.0. The Morgan fingerprint density at radius 3 is 3.04 bits per heavy atom. The van der Waals surface area contributed by atoms with E-state index >= 15 is 0 Å². The quantitative estimate of drug-likeness (QED) is 0.560. The Labute approximate surface area is 139 Å². The van der Waals surface area contributed by atoms with Gasteiger partial charge in [0, 0.05) is 6.08 Å². The number of fused-ring (bicyclic) bond motifs is 1. The Morgan fingerprint density at radius 2 is 2.26 bits per heavy atom. The lowest BCUT2D eigenvalue weighted by Crippen LogP contribution is -2.32. The molecule has 5 nitrogen and oxygen atoms in total. The number of benzene rings is 1. The van der Waals surface area contributed by atoms with Gasteiger partial charge in [0.1, 0.15) is 11.6 Å². The minimum absolute atomic E-state index is 0.110. The zero-order valence-electron chi connectivity index (χ0n) is 11.6. The first-order valence-corrected chi connectivity index (χ1v) is 7.72. The summed E-state index contributed by atoms with van der Waals surface area (Å²) in [7, 11) is 0. The molecule has 0 bridgehead atoms. The van der Waals surface area contributed by atoms with Crippen LogP contribution in [0.3, 0.4) is 0 Å². The molecule has 3 rings (SSSR count). The van der Waals surface area contributed by atoms with Gasteiger partial charge in [0.2, 0.25) is 5.91 Å². The third-order valence-electron chi connectivity index (χ3n) is 2.75. The number of carbonyl (C=O) groups is 1. The van der Waals surface area contributed by atoms with E-state index in [0.717, 1.165) is 0 Å². The highest BCUT2D eigenvalue weighted by Crippen LogP contribution is 2.26. The SMILES string of the molecule is O=C(C=Cc1ccco1)NC(=S)Nc1nc2ccc(F)cc2s1. The zero-order chi connectivity index (χ0) is 16.2. The minimum atomic E-state index is -0.397. The van der Waals surface area contributed by atoms with Gasteiger partial charge in [0.25, 0.3) is 0 Å². The number of hydrogen-bond acceptors (Lipinski definition) is 5. The van der Waals surface area contributed by atoms with Crippen molar-refractivity contribution in [3.63, 3.8) is 0 Å². The summed E-state index contributed by atoms with van der Waals surface area (Å²) < 4.78 is 18.9. The molecule has 2 aromatic heterocycles. The standard InChI is InChI=1S/C15H10FN3O2S2/c16-9-3-5-11-12(8-9)23-15(17-11)19-14(22)18-13(20)6-4-10-2-1-7-21-10/h1-8H,(H2,17,18,19,20,22). The molecule has 0 radical (unpaired) electrons. The predicted molar refractivity (Wildman–Crippen MR) is 91.7 cm³/mol. The molecule has 116 valence electrons. The maximum atomic E-state index is 13.1. The van der Waals surface area contributed by atoms with E-state index in [1.165, 1.54) is 41.9 Å². The van der Waals surface area contributed by atoms with Crippen LogP contribution in [-0.4, -0.2) is 16.0 Å². The Kier molecular flexibility index (Phi) is 4.45. The fourth-order valence-corrected chi connectivity index (χ4v) is 2.93. The van der Waals surface area contributed by atoms with E-state index in [0.29, 0.717) is 21.1 Å². The molecule has 0 aliphatic heterocycles. The third-order valence-corrected chi connectivity index (χ3v) is 3.89. The van der Waals surface area contributed by atoms with Crippen molar-refractivity contribution in [1.29, 1.82) is 0 Å². The number of thiocarbonyl (C=S) groups is 1. The van der Waals surface area contributed by atoms with Gasteiger partial charge in [-0.15, -0.1) is 0 Å². The van der Waals surface area contributed by atoms with Gasteiger partial charge in [-0.25, -0.2) is 9.37 Å². The highest BCUT2D eigenvalue weighted by Gasteiger charge is 2.07. The minimum Gasteiger partial charge on any atom is -0.465 e. The van der Waals surface area contributed by atoms with E-state index in [4.69, 9.17) is 16.6 Å². The molecule has 0 fully saturated rings. The van der Waals surface area contributed by atoms with E-state index < -0.39 is 5.91 Å². The van der Waals surface area contributed by atoms with Crippen molar-refractivity contribution in [2.45, 2.75) is 0 Å². The molecule has 0 unspecified atom stereocenters. The van der Waals surface area contributed by atoms with Crippen LogP contribution >= 0.6 is 23.6 Å². The smallest absolute Gasteiger partial charge is 0.250 e. The van der Waals surface area contributed by atoms with Crippen molar-refractivity contribution < 1.29 is 13.6 Å². The number of anilines is 1. The molecule has 0 aliphatic rings. The summed E-state index contributed by atoms with van der Waals surface area (Å²) in [5.41, 5.74) is 0.658. The van der Waals surface area contributed by atoms with Crippen LogP contribution in [-0.2, 0) is 4.79 Å². The number of amides is 1. The molecule has 0 saturated heterocycles. The van der Waals surface area contributed by atoms with Crippen LogP contribution in [0.5, 0.6) is 0 Å². The van der Waals surface area contributed by atoms with Crippen molar-refractivity contribution >= 4 is 56.0 Å². The average Bonchev–Trinajstić information content (AvgIpc) is 3.13. The van der Waals surface area contributed by atoms with Crippen molar-refractivity contribution in [3.8, 4) is 0 Å². The fraction of sp³-hybridized carbons (Fsp3) is 0. The molecule has 0 spiro atoms. The van der Waals surface area contributed by atoms with Crippen LogP contribution in [0.2, 0.25) is 0 Å². The second-order valence-electron chi connectivity index (χ2n) is 4.42. The number of nitrogens with one attached hydrogen (secondary N) is 2. The Morgan fingerprint density at radius 1 is 1.39 bits per heavy atom. The fourth-order valence-electron chi connectivity index (χ4n) is 1.78. The molecule has 1 aromatic carbocycles. The summed E-state index contributed by atoms with van der Waals surface area (Å²) in [6.45, 7) is 0. The highest BCUT2D eigenvalue weighted by molar-refractivity contribution is 7.80. The number of carbonyl (C=O) groups excluding carboxylic acids is 1. The molecule has 0 atom stereocenters. The molecule has 2 heterocycles. The number of rotatable bonds is 3. The topological polar surface area (TPSA) is 67.2 Å². The largest absolute Gasteiger partial charge is 0.465 e. The molecule has 23 heavy (non-hydrogen) atoms. The van der Waals surface area contributed by atoms with E-state index in [1.807, 2.05) is 0 Å². The number of aromatic nitrogens is 1. The predicted octanol–water partition coefficient (Wildman–Crippen LogP) is 3.55. The van der Waals surface area contributed by atoms with Gasteiger partial charge in [-0.1, -0.05) is 11.3 Å². The number of halogens is 1. The molecule has 2 N–H and O–H groups in total. The van der Waals surface area contributed by atoms with Gasteiger partial charge in [-0.3, -0.25) is 10.1 Å². The summed E-state index contributed by atoms with van der Waals surface area (Å²) >= 11 is 6.29. The van der Waals surface area contributed by atoms with E-state index in [1.54, 1.807) is 18.2 Å². The second-order valence-corrected chi connectivity index (χ2v) is 5.86.